The predicted octanol–water partition coefficient (Wildman–Crippen LogP) is 0.446. The molecule has 0 spiro atoms. The normalized spacial score (nSPS) is 11.1. The smallest absolute Gasteiger partial charge is 0.240 e. The molecule has 1 aromatic carbocycles. The van der Waals surface area contributed by atoms with Crippen molar-refractivity contribution in [1.82, 2.24) is 10.0 Å². The fraction of sp³-hybridized carbons (Fsp3) is 0.364. The van der Waals surface area contributed by atoms with Crippen LogP contribution < -0.4 is 10.0 Å². The zero-order valence-corrected chi connectivity index (χ0v) is 10.4. The molecule has 5 nitrogen and oxygen atoms in total. The van der Waals surface area contributed by atoms with E-state index in [1.54, 1.807) is 0 Å². The second-order valence-corrected chi connectivity index (χ2v) is 5.26. The monoisotopic (exact) mass is 253 g/mol. The van der Waals surface area contributed by atoms with Crippen molar-refractivity contribution in [3.05, 3.63) is 29.8 Å². The van der Waals surface area contributed by atoms with Gasteiger partial charge in [-0.15, -0.1) is 0 Å². The highest BCUT2D eigenvalue weighted by Gasteiger charge is 2.12. The van der Waals surface area contributed by atoms with Crippen molar-refractivity contribution in [3.63, 3.8) is 0 Å². The van der Waals surface area contributed by atoms with Crippen LogP contribution in [0.25, 0.3) is 0 Å². The van der Waals surface area contributed by atoms with Crippen molar-refractivity contribution in [1.29, 1.82) is 5.26 Å². The van der Waals surface area contributed by atoms with Gasteiger partial charge in [0.25, 0.3) is 0 Å². The maximum atomic E-state index is 11.8. The highest BCUT2D eigenvalue weighted by molar-refractivity contribution is 7.89. The van der Waals surface area contributed by atoms with Crippen LogP contribution in [0, 0.1) is 11.3 Å². The molecule has 0 radical (unpaired) electrons. The Balaban J connectivity index is 2.66. The Hall–Kier alpha value is -1.42. The van der Waals surface area contributed by atoms with Crippen molar-refractivity contribution in [2.24, 2.45) is 0 Å². The topological polar surface area (TPSA) is 82.0 Å². The summed E-state index contributed by atoms with van der Waals surface area (Å²) >= 11 is 0. The first-order chi connectivity index (χ1) is 8.10. The van der Waals surface area contributed by atoms with Gasteiger partial charge < -0.3 is 5.32 Å². The maximum Gasteiger partial charge on any atom is 0.240 e. The molecule has 2 N–H and O–H groups in total. The number of sulfonamides is 1. The summed E-state index contributed by atoms with van der Waals surface area (Å²) < 4.78 is 26.1. The summed E-state index contributed by atoms with van der Waals surface area (Å²) in [4.78, 5) is 0.181. The van der Waals surface area contributed by atoms with E-state index < -0.39 is 10.0 Å². The fourth-order valence-corrected chi connectivity index (χ4v) is 2.34. The van der Waals surface area contributed by atoms with Gasteiger partial charge in [-0.25, -0.2) is 13.1 Å². The zero-order valence-electron chi connectivity index (χ0n) is 9.60. The van der Waals surface area contributed by atoms with E-state index in [1.807, 2.05) is 13.1 Å². The van der Waals surface area contributed by atoms with Gasteiger partial charge in [0.1, 0.15) is 0 Å². The Morgan fingerprint density at radius 1 is 1.24 bits per heavy atom. The quantitative estimate of drug-likeness (QED) is 0.721. The fourth-order valence-electron chi connectivity index (χ4n) is 1.26. The van der Waals surface area contributed by atoms with Crippen LogP contribution in [0.3, 0.4) is 0 Å². The number of nitrogens with zero attached hydrogens (tertiary/aromatic N) is 1. The van der Waals surface area contributed by atoms with Gasteiger partial charge in [0, 0.05) is 6.54 Å². The number of nitriles is 1. The predicted molar refractivity (Wildman–Crippen MR) is 64.9 cm³/mol. The Morgan fingerprint density at radius 3 is 2.41 bits per heavy atom. The Morgan fingerprint density at radius 2 is 1.88 bits per heavy atom. The van der Waals surface area contributed by atoms with E-state index in [1.165, 1.54) is 24.3 Å². The molecular formula is C11H15N3O2S. The van der Waals surface area contributed by atoms with Crippen LogP contribution in [0.15, 0.2) is 29.2 Å². The molecule has 0 heterocycles. The second-order valence-electron chi connectivity index (χ2n) is 3.49. The largest absolute Gasteiger partial charge is 0.320 e. The average molecular weight is 253 g/mol. The molecule has 1 aromatic rings. The third-order valence-electron chi connectivity index (χ3n) is 2.19. The van der Waals surface area contributed by atoms with Gasteiger partial charge in [-0.05, 0) is 44.3 Å². The maximum absolute atomic E-state index is 11.8. The van der Waals surface area contributed by atoms with Gasteiger partial charge in [-0.3, -0.25) is 0 Å². The molecule has 6 heteroatoms. The molecule has 0 fully saturated rings. The summed E-state index contributed by atoms with van der Waals surface area (Å²) in [6, 6.07) is 7.78. The number of hydrogen-bond donors (Lipinski definition) is 2. The van der Waals surface area contributed by atoms with Crippen molar-refractivity contribution in [3.8, 4) is 6.07 Å². The van der Waals surface area contributed by atoms with Crippen LogP contribution in [-0.2, 0) is 10.0 Å². The molecule has 0 saturated carbocycles. The average Bonchev–Trinajstić information content (AvgIpc) is 2.35. The lowest BCUT2D eigenvalue weighted by molar-refractivity contribution is 0.577. The SMILES string of the molecule is CNCCCNS(=O)(=O)c1ccc(C#N)cc1. The van der Waals surface area contributed by atoms with Crippen LogP contribution >= 0.6 is 0 Å². The van der Waals surface area contributed by atoms with Crippen LogP contribution in [0.2, 0.25) is 0 Å². The first-order valence-corrected chi connectivity index (χ1v) is 6.73. The van der Waals surface area contributed by atoms with Gasteiger partial charge >= 0.3 is 0 Å². The van der Waals surface area contributed by atoms with Crippen molar-refractivity contribution in [2.45, 2.75) is 11.3 Å². The van der Waals surface area contributed by atoms with Crippen molar-refractivity contribution in [2.75, 3.05) is 20.1 Å². The van der Waals surface area contributed by atoms with Crippen LogP contribution in [0.4, 0.5) is 0 Å². The van der Waals surface area contributed by atoms with E-state index in [4.69, 9.17) is 5.26 Å². The number of hydrogen-bond acceptors (Lipinski definition) is 4. The minimum absolute atomic E-state index is 0.181. The standard InChI is InChI=1S/C11H15N3O2S/c1-13-7-2-8-14-17(15,16)11-5-3-10(9-12)4-6-11/h3-6,13-14H,2,7-8H2,1H3. The van der Waals surface area contributed by atoms with E-state index in [0.29, 0.717) is 12.1 Å². The zero-order chi connectivity index (χ0) is 12.7. The number of rotatable bonds is 6. The van der Waals surface area contributed by atoms with Crippen LogP contribution in [0.5, 0.6) is 0 Å². The molecule has 0 bridgehead atoms. The molecule has 0 amide bonds. The van der Waals surface area contributed by atoms with Gasteiger partial charge in [0.05, 0.1) is 16.5 Å². The Bertz CT molecular complexity index is 488. The Labute approximate surface area is 102 Å². The van der Waals surface area contributed by atoms with Gasteiger partial charge in [-0.1, -0.05) is 0 Å². The van der Waals surface area contributed by atoms with Crippen LogP contribution in [-0.4, -0.2) is 28.6 Å². The van der Waals surface area contributed by atoms with Gasteiger partial charge in [-0.2, -0.15) is 5.26 Å². The van der Waals surface area contributed by atoms with Gasteiger partial charge in [0.2, 0.25) is 10.0 Å². The molecule has 0 aliphatic heterocycles. The summed E-state index contributed by atoms with van der Waals surface area (Å²) in [7, 11) is -1.64. The minimum atomic E-state index is -3.45. The van der Waals surface area contributed by atoms with Crippen molar-refractivity contribution >= 4 is 10.0 Å². The van der Waals surface area contributed by atoms with Crippen molar-refractivity contribution < 1.29 is 8.42 Å². The third-order valence-corrected chi connectivity index (χ3v) is 3.67. The third kappa shape index (κ3) is 4.15. The molecule has 0 aliphatic rings. The van der Waals surface area contributed by atoms with E-state index in [0.717, 1.165) is 13.0 Å². The molecule has 17 heavy (non-hydrogen) atoms. The summed E-state index contributed by atoms with van der Waals surface area (Å²) in [5.41, 5.74) is 0.444. The van der Waals surface area contributed by atoms with E-state index >= 15 is 0 Å². The number of nitrogens with one attached hydrogen (secondary N) is 2. The summed E-state index contributed by atoms with van der Waals surface area (Å²) in [5, 5.41) is 11.5. The van der Waals surface area contributed by atoms with Crippen LogP contribution in [0.1, 0.15) is 12.0 Å². The first kappa shape index (κ1) is 13.6. The lowest BCUT2D eigenvalue weighted by Gasteiger charge is -2.06. The highest BCUT2D eigenvalue weighted by atomic mass is 32.2. The lowest BCUT2D eigenvalue weighted by atomic mass is 10.2. The minimum Gasteiger partial charge on any atom is -0.320 e. The van der Waals surface area contributed by atoms with E-state index in [-0.39, 0.29) is 4.90 Å². The van der Waals surface area contributed by atoms with Gasteiger partial charge in [0.15, 0.2) is 0 Å². The second kappa shape index (κ2) is 6.35. The van der Waals surface area contributed by atoms with E-state index in [9.17, 15) is 8.42 Å². The number of benzene rings is 1. The summed E-state index contributed by atoms with van der Waals surface area (Å²) in [6.45, 7) is 1.15. The molecule has 0 aliphatic carbocycles. The summed E-state index contributed by atoms with van der Waals surface area (Å²) in [6.07, 6.45) is 0.728. The Kier molecular flexibility index (Phi) is 5.10. The first-order valence-electron chi connectivity index (χ1n) is 5.24. The van der Waals surface area contributed by atoms with E-state index in [2.05, 4.69) is 10.0 Å². The highest BCUT2D eigenvalue weighted by Crippen LogP contribution is 2.09. The molecule has 1 rings (SSSR count). The molecule has 0 atom stereocenters. The molecule has 0 unspecified atom stereocenters. The molecular weight excluding hydrogens is 238 g/mol. The molecule has 92 valence electrons. The lowest BCUT2D eigenvalue weighted by Crippen LogP contribution is -2.26. The summed E-state index contributed by atoms with van der Waals surface area (Å²) in [5.74, 6) is 0. The molecule has 0 aromatic heterocycles. The molecule has 0 saturated heterocycles.